The van der Waals surface area contributed by atoms with E-state index in [2.05, 4.69) is 39.9 Å². The van der Waals surface area contributed by atoms with E-state index in [0.29, 0.717) is 5.39 Å². The van der Waals surface area contributed by atoms with Gasteiger partial charge in [0.2, 0.25) is 0 Å². The van der Waals surface area contributed by atoms with Crippen molar-refractivity contribution >= 4 is 27.4 Å². The van der Waals surface area contributed by atoms with Crippen LogP contribution in [0, 0.1) is 41.5 Å². The van der Waals surface area contributed by atoms with Crippen molar-refractivity contribution in [1.29, 1.82) is 0 Å². The molecule has 3 aromatic rings. The van der Waals surface area contributed by atoms with E-state index in [4.69, 9.17) is 4.42 Å². The van der Waals surface area contributed by atoms with Crippen molar-refractivity contribution in [2.75, 3.05) is 12.4 Å². The SMILES string of the molecule is CNc1cc2c(=O)oc3c(C)c(C)c(C)c(C)c3c2c(C)c1C. The van der Waals surface area contributed by atoms with E-state index in [-0.39, 0.29) is 5.63 Å². The molecule has 0 aliphatic heterocycles. The fourth-order valence-electron chi connectivity index (χ4n) is 3.51. The molecule has 0 spiro atoms. The molecule has 0 saturated carbocycles. The summed E-state index contributed by atoms with van der Waals surface area (Å²) in [6, 6.07) is 1.91. The molecule has 23 heavy (non-hydrogen) atoms. The monoisotopic (exact) mass is 309 g/mol. The highest BCUT2D eigenvalue weighted by molar-refractivity contribution is 6.10. The molecule has 120 valence electrons. The highest BCUT2D eigenvalue weighted by Crippen LogP contribution is 2.37. The minimum absolute atomic E-state index is 0.266. The van der Waals surface area contributed by atoms with Crippen LogP contribution in [0.5, 0.6) is 0 Å². The van der Waals surface area contributed by atoms with Crippen molar-refractivity contribution in [2.45, 2.75) is 41.5 Å². The Hall–Kier alpha value is -2.29. The zero-order chi connectivity index (χ0) is 17.0. The van der Waals surface area contributed by atoms with Crippen LogP contribution in [0.2, 0.25) is 0 Å². The summed E-state index contributed by atoms with van der Waals surface area (Å²) < 4.78 is 5.73. The molecule has 3 heteroatoms. The Kier molecular flexibility index (Phi) is 3.47. The van der Waals surface area contributed by atoms with E-state index in [9.17, 15) is 4.79 Å². The normalized spacial score (nSPS) is 11.4. The zero-order valence-electron chi connectivity index (χ0n) is 14.9. The molecular weight excluding hydrogens is 286 g/mol. The number of rotatable bonds is 1. The summed E-state index contributed by atoms with van der Waals surface area (Å²) >= 11 is 0. The molecule has 0 atom stereocenters. The van der Waals surface area contributed by atoms with Gasteiger partial charge in [0.05, 0.1) is 5.39 Å². The van der Waals surface area contributed by atoms with Gasteiger partial charge in [0.1, 0.15) is 5.58 Å². The Labute approximate surface area is 136 Å². The van der Waals surface area contributed by atoms with Crippen LogP contribution in [0.15, 0.2) is 15.3 Å². The Balaban J connectivity index is 2.74. The summed E-state index contributed by atoms with van der Waals surface area (Å²) in [6.07, 6.45) is 0. The third kappa shape index (κ3) is 1.99. The third-order valence-electron chi connectivity index (χ3n) is 5.46. The van der Waals surface area contributed by atoms with Crippen molar-refractivity contribution < 1.29 is 4.42 Å². The van der Waals surface area contributed by atoms with Crippen molar-refractivity contribution in [3.63, 3.8) is 0 Å². The molecule has 0 aliphatic carbocycles. The topological polar surface area (TPSA) is 42.2 Å². The van der Waals surface area contributed by atoms with Crippen LogP contribution >= 0.6 is 0 Å². The number of nitrogens with one attached hydrogen (secondary N) is 1. The Morgan fingerprint density at radius 1 is 0.783 bits per heavy atom. The fraction of sp³-hybridized carbons (Fsp3) is 0.350. The molecule has 0 radical (unpaired) electrons. The second kappa shape index (κ2) is 5.12. The van der Waals surface area contributed by atoms with E-state index in [1.807, 2.05) is 20.0 Å². The second-order valence-electron chi connectivity index (χ2n) is 6.44. The average molecular weight is 309 g/mol. The first kappa shape index (κ1) is 15.6. The summed E-state index contributed by atoms with van der Waals surface area (Å²) in [7, 11) is 1.87. The molecule has 0 fully saturated rings. The summed E-state index contributed by atoms with van der Waals surface area (Å²) in [5.74, 6) is 0. The minimum Gasteiger partial charge on any atom is -0.422 e. The molecule has 3 rings (SSSR count). The predicted octanol–water partition coefficient (Wildman–Crippen LogP) is 4.84. The first-order chi connectivity index (χ1) is 10.8. The number of fused-ring (bicyclic) bond motifs is 3. The van der Waals surface area contributed by atoms with Crippen molar-refractivity contribution in [3.05, 3.63) is 49.9 Å². The highest BCUT2D eigenvalue weighted by Gasteiger charge is 2.19. The van der Waals surface area contributed by atoms with Gasteiger partial charge in [-0.25, -0.2) is 4.79 Å². The molecule has 1 aromatic heterocycles. The van der Waals surface area contributed by atoms with Gasteiger partial charge >= 0.3 is 5.63 Å². The maximum atomic E-state index is 12.6. The Morgan fingerprint density at radius 2 is 1.35 bits per heavy atom. The van der Waals surface area contributed by atoms with E-state index >= 15 is 0 Å². The maximum absolute atomic E-state index is 12.6. The molecule has 0 saturated heterocycles. The van der Waals surface area contributed by atoms with Crippen LogP contribution in [0.1, 0.15) is 33.4 Å². The number of benzene rings is 2. The summed E-state index contributed by atoms with van der Waals surface area (Å²) in [4.78, 5) is 12.6. The minimum atomic E-state index is -0.266. The largest absolute Gasteiger partial charge is 0.422 e. The van der Waals surface area contributed by atoms with Gasteiger partial charge in [-0.05, 0) is 81.0 Å². The lowest BCUT2D eigenvalue weighted by Gasteiger charge is -2.17. The van der Waals surface area contributed by atoms with E-state index in [1.54, 1.807) is 0 Å². The zero-order valence-corrected chi connectivity index (χ0v) is 14.9. The van der Waals surface area contributed by atoms with Gasteiger partial charge in [-0.3, -0.25) is 0 Å². The van der Waals surface area contributed by atoms with E-state index < -0.39 is 0 Å². The quantitative estimate of drug-likeness (QED) is 0.516. The van der Waals surface area contributed by atoms with Gasteiger partial charge in [-0.1, -0.05) is 0 Å². The predicted molar refractivity (Wildman–Crippen MR) is 98.0 cm³/mol. The summed E-state index contributed by atoms with van der Waals surface area (Å²) in [5, 5.41) is 5.92. The lowest BCUT2D eigenvalue weighted by Crippen LogP contribution is -2.07. The number of anilines is 1. The van der Waals surface area contributed by atoms with Crippen molar-refractivity contribution in [3.8, 4) is 0 Å². The van der Waals surface area contributed by atoms with Gasteiger partial charge < -0.3 is 9.73 Å². The molecular formula is C20H23NO2. The number of hydrogen-bond donors (Lipinski definition) is 1. The second-order valence-corrected chi connectivity index (χ2v) is 6.44. The third-order valence-corrected chi connectivity index (χ3v) is 5.46. The molecule has 1 N–H and O–H groups in total. The van der Waals surface area contributed by atoms with Crippen LogP contribution < -0.4 is 10.9 Å². The summed E-state index contributed by atoms with van der Waals surface area (Å²) in [6.45, 7) is 12.5. The van der Waals surface area contributed by atoms with Crippen LogP contribution in [-0.2, 0) is 0 Å². The van der Waals surface area contributed by atoms with Gasteiger partial charge in [0.15, 0.2) is 0 Å². The summed E-state index contributed by atoms with van der Waals surface area (Å²) in [5.41, 5.74) is 8.44. The first-order valence-electron chi connectivity index (χ1n) is 7.94. The molecule has 0 bridgehead atoms. The van der Waals surface area contributed by atoms with Gasteiger partial charge in [-0.2, -0.15) is 0 Å². The molecule has 2 aromatic carbocycles. The van der Waals surface area contributed by atoms with Gasteiger partial charge in [0, 0.05) is 23.5 Å². The molecule has 0 unspecified atom stereocenters. The van der Waals surface area contributed by atoms with Crippen LogP contribution in [0.4, 0.5) is 5.69 Å². The molecule has 1 heterocycles. The van der Waals surface area contributed by atoms with Crippen molar-refractivity contribution in [1.82, 2.24) is 0 Å². The molecule has 0 amide bonds. The van der Waals surface area contributed by atoms with Crippen LogP contribution in [0.25, 0.3) is 21.7 Å². The lowest BCUT2D eigenvalue weighted by molar-refractivity contribution is 0.566. The number of hydrogen-bond acceptors (Lipinski definition) is 3. The highest BCUT2D eigenvalue weighted by atomic mass is 16.4. The van der Waals surface area contributed by atoms with Crippen molar-refractivity contribution in [2.24, 2.45) is 0 Å². The first-order valence-corrected chi connectivity index (χ1v) is 7.94. The standard InChI is InChI=1S/C20H23NO2/c1-9-10(2)14(6)19-18(12(9)4)17-13(5)11(3)16(21-7)8-15(17)20(22)23-19/h8,21H,1-7H3. The smallest absolute Gasteiger partial charge is 0.344 e. The Bertz CT molecular complexity index is 1030. The van der Waals surface area contributed by atoms with Gasteiger partial charge in [0.25, 0.3) is 0 Å². The number of aryl methyl sites for hydroxylation is 3. The average Bonchev–Trinajstić information content (AvgIpc) is 2.54. The van der Waals surface area contributed by atoms with E-state index in [0.717, 1.165) is 33.2 Å². The molecule has 0 aliphatic rings. The lowest BCUT2D eigenvalue weighted by atomic mass is 9.90. The fourth-order valence-corrected chi connectivity index (χ4v) is 3.51. The van der Waals surface area contributed by atoms with Crippen LogP contribution in [-0.4, -0.2) is 7.05 Å². The Morgan fingerprint density at radius 3 is 1.96 bits per heavy atom. The van der Waals surface area contributed by atoms with Crippen LogP contribution in [0.3, 0.4) is 0 Å². The maximum Gasteiger partial charge on any atom is 0.344 e. The van der Waals surface area contributed by atoms with E-state index in [1.165, 1.54) is 22.3 Å². The van der Waals surface area contributed by atoms with Gasteiger partial charge in [-0.15, -0.1) is 0 Å². The molecule has 3 nitrogen and oxygen atoms in total.